The molecule has 0 radical (unpaired) electrons. The fourth-order valence-electron chi connectivity index (χ4n) is 3.30. The van der Waals surface area contributed by atoms with Crippen molar-refractivity contribution in [1.82, 2.24) is 9.38 Å². The highest BCUT2D eigenvalue weighted by molar-refractivity contribution is 7.17. The van der Waals surface area contributed by atoms with Crippen LogP contribution in [-0.2, 0) is 17.6 Å². The molecule has 8 heteroatoms. The minimum absolute atomic E-state index is 0.00334. The third-order valence-electron chi connectivity index (χ3n) is 4.49. The molecule has 2 amide bonds. The second-order valence-electron chi connectivity index (χ2n) is 6.49. The molecule has 0 spiro atoms. The molecule has 2 N–H and O–H groups in total. The molecule has 27 heavy (non-hydrogen) atoms. The second-order valence-corrected chi connectivity index (χ2v) is 7.55. The van der Waals surface area contributed by atoms with E-state index in [9.17, 15) is 14.4 Å². The molecule has 1 aliphatic carbocycles. The molecule has 1 aliphatic rings. The Morgan fingerprint density at radius 3 is 2.67 bits per heavy atom. The number of benzene rings is 1. The first kappa shape index (κ1) is 17.4. The molecular weight excluding hydrogens is 364 g/mol. The number of carbonyl (C=O) groups excluding carboxylic acids is 2. The van der Waals surface area contributed by atoms with Gasteiger partial charge < -0.3 is 10.6 Å². The summed E-state index contributed by atoms with van der Waals surface area (Å²) in [6.07, 6.45) is 5.29. The molecule has 0 aliphatic heterocycles. The van der Waals surface area contributed by atoms with E-state index >= 15 is 0 Å². The Kier molecular flexibility index (Phi) is 4.49. The summed E-state index contributed by atoms with van der Waals surface area (Å²) in [5.74, 6) is -0.716. The average molecular weight is 382 g/mol. The number of anilines is 2. The summed E-state index contributed by atoms with van der Waals surface area (Å²) in [6.45, 7) is 1.41. The van der Waals surface area contributed by atoms with Gasteiger partial charge in [-0.1, -0.05) is 6.07 Å². The third kappa shape index (κ3) is 3.35. The maximum Gasteiger partial charge on any atom is 0.271 e. The first-order chi connectivity index (χ1) is 13.0. The van der Waals surface area contributed by atoms with E-state index in [2.05, 4.69) is 15.6 Å². The normalized spacial score (nSPS) is 13.2. The summed E-state index contributed by atoms with van der Waals surface area (Å²) in [4.78, 5) is 42.9. The SMILES string of the molecule is CC(=O)Nc1cccc(NC(=O)c2cnc3sc4c(n3c2=O)CCCC4)c1. The zero-order chi connectivity index (χ0) is 19.0. The predicted molar refractivity (Wildman–Crippen MR) is 105 cm³/mol. The van der Waals surface area contributed by atoms with Crippen LogP contribution in [0.25, 0.3) is 4.96 Å². The lowest BCUT2D eigenvalue weighted by molar-refractivity contribution is -0.114. The van der Waals surface area contributed by atoms with Gasteiger partial charge in [0.25, 0.3) is 11.5 Å². The molecule has 3 aromatic rings. The highest BCUT2D eigenvalue weighted by Crippen LogP contribution is 2.28. The lowest BCUT2D eigenvalue weighted by Gasteiger charge is -2.11. The molecule has 0 atom stereocenters. The van der Waals surface area contributed by atoms with Gasteiger partial charge in [0.2, 0.25) is 5.91 Å². The van der Waals surface area contributed by atoms with Gasteiger partial charge in [0.15, 0.2) is 4.96 Å². The van der Waals surface area contributed by atoms with E-state index in [-0.39, 0.29) is 17.0 Å². The van der Waals surface area contributed by atoms with Crippen LogP contribution in [0.3, 0.4) is 0 Å². The van der Waals surface area contributed by atoms with Gasteiger partial charge in [-0.3, -0.25) is 18.8 Å². The molecule has 0 bridgehead atoms. The summed E-state index contributed by atoms with van der Waals surface area (Å²) in [6, 6.07) is 6.76. The highest BCUT2D eigenvalue weighted by Gasteiger charge is 2.21. The number of rotatable bonds is 3. The first-order valence-corrected chi connectivity index (χ1v) is 9.56. The van der Waals surface area contributed by atoms with Crippen molar-refractivity contribution in [2.45, 2.75) is 32.6 Å². The van der Waals surface area contributed by atoms with E-state index in [4.69, 9.17) is 0 Å². The summed E-state index contributed by atoms with van der Waals surface area (Å²) < 4.78 is 1.59. The fourth-order valence-corrected chi connectivity index (χ4v) is 4.47. The van der Waals surface area contributed by atoms with Crippen LogP contribution in [0.4, 0.5) is 11.4 Å². The van der Waals surface area contributed by atoms with Crippen molar-refractivity contribution in [3.05, 3.63) is 57.0 Å². The Morgan fingerprint density at radius 2 is 1.89 bits per heavy atom. The molecule has 4 rings (SSSR count). The Bertz CT molecular complexity index is 1120. The quantitative estimate of drug-likeness (QED) is 0.728. The number of nitrogens with one attached hydrogen (secondary N) is 2. The van der Waals surface area contributed by atoms with E-state index in [0.717, 1.165) is 31.4 Å². The minimum atomic E-state index is -0.516. The number of fused-ring (bicyclic) bond motifs is 3. The van der Waals surface area contributed by atoms with Crippen LogP contribution in [0, 0.1) is 0 Å². The number of nitrogens with zero attached hydrogens (tertiary/aromatic N) is 2. The molecule has 2 heterocycles. The van der Waals surface area contributed by atoms with Crippen LogP contribution in [0.1, 0.15) is 40.7 Å². The van der Waals surface area contributed by atoms with Crippen LogP contribution in [0.15, 0.2) is 35.3 Å². The van der Waals surface area contributed by atoms with Crippen molar-refractivity contribution < 1.29 is 9.59 Å². The molecule has 0 saturated carbocycles. The van der Waals surface area contributed by atoms with Crippen LogP contribution >= 0.6 is 11.3 Å². The van der Waals surface area contributed by atoms with Crippen molar-refractivity contribution in [2.75, 3.05) is 10.6 Å². The fraction of sp³-hybridized carbons (Fsp3) is 0.263. The standard InChI is InChI=1S/C19H18N4O3S/c1-11(24)21-12-5-4-6-13(9-12)22-17(25)14-10-20-19-23(18(14)26)15-7-2-3-8-16(15)27-19/h4-6,9-10H,2-3,7-8H2,1H3,(H,21,24)(H,22,25). The topological polar surface area (TPSA) is 92.6 Å². The van der Waals surface area contributed by atoms with E-state index in [1.807, 2.05) is 0 Å². The Morgan fingerprint density at radius 1 is 1.15 bits per heavy atom. The first-order valence-electron chi connectivity index (χ1n) is 8.74. The number of thiazole rings is 1. The van der Waals surface area contributed by atoms with Crippen LogP contribution in [-0.4, -0.2) is 21.2 Å². The van der Waals surface area contributed by atoms with Gasteiger partial charge in [0, 0.05) is 35.1 Å². The van der Waals surface area contributed by atoms with E-state index in [1.165, 1.54) is 29.3 Å². The lowest BCUT2D eigenvalue weighted by Crippen LogP contribution is -2.27. The predicted octanol–water partition coefficient (Wildman–Crippen LogP) is 2.85. The summed E-state index contributed by atoms with van der Waals surface area (Å²) in [7, 11) is 0. The smallest absolute Gasteiger partial charge is 0.271 e. The van der Waals surface area contributed by atoms with Crippen molar-refractivity contribution in [3.63, 3.8) is 0 Å². The van der Waals surface area contributed by atoms with E-state index in [0.29, 0.717) is 16.3 Å². The molecule has 0 fully saturated rings. The third-order valence-corrected chi connectivity index (χ3v) is 5.64. The highest BCUT2D eigenvalue weighted by atomic mass is 32.1. The maximum absolute atomic E-state index is 12.9. The second kappa shape index (κ2) is 6.96. The minimum Gasteiger partial charge on any atom is -0.326 e. The van der Waals surface area contributed by atoms with Crippen LogP contribution < -0.4 is 16.2 Å². The van der Waals surface area contributed by atoms with Gasteiger partial charge in [-0.25, -0.2) is 4.98 Å². The summed E-state index contributed by atoms with van der Waals surface area (Å²) in [5.41, 5.74) is 1.71. The van der Waals surface area contributed by atoms with Gasteiger partial charge in [0.05, 0.1) is 0 Å². The van der Waals surface area contributed by atoms with Gasteiger partial charge >= 0.3 is 0 Å². The monoisotopic (exact) mass is 382 g/mol. The molecule has 2 aromatic heterocycles. The number of hydrogen-bond donors (Lipinski definition) is 2. The summed E-state index contributed by atoms with van der Waals surface area (Å²) in [5, 5.41) is 5.37. The Labute approximate surface area is 159 Å². The lowest BCUT2D eigenvalue weighted by atomic mass is 10.0. The summed E-state index contributed by atoms with van der Waals surface area (Å²) >= 11 is 1.53. The molecule has 0 unspecified atom stereocenters. The average Bonchev–Trinajstić information content (AvgIpc) is 3.01. The zero-order valence-corrected chi connectivity index (χ0v) is 15.6. The van der Waals surface area contributed by atoms with Gasteiger partial charge in [-0.2, -0.15) is 0 Å². The van der Waals surface area contributed by atoms with Crippen molar-refractivity contribution >= 4 is 39.5 Å². The number of amides is 2. The number of aryl methyl sites for hydroxylation is 2. The Balaban J connectivity index is 1.66. The molecular formula is C19H18N4O3S. The van der Waals surface area contributed by atoms with Crippen LogP contribution in [0.2, 0.25) is 0 Å². The zero-order valence-electron chi connectivity index (χ0n) is 14.7. The number of aromatic nitrogens is 2. The van der Waals surface area contributed by atoms with Gasteiger partial charge in [0.1, 0.15) is 5.56 Å². The van der Waals surface area contributed by atoms with E-state index < -0.39 is 5.91 Å². The van der Waals surface area contributed by atoms with Crippen molar-refractivity contribution in [2.24, 2.45) is 0 Å². The van der Waals surface area contributed by atoms with E-state index in [1.54, 1.807) is 28.7 Å². The Hall–Kier alpha value is -3.00. The molecule has 1 aromatic carbocycles. The van der Waals surface area contributed by atoms with Crippen molar-refractivity contribution in [1.29, 1.82) is 0 Å². The number of hydrogen-bond acceptors (Lipinski definition) is 5. The maximum atomic E-state index is 12.9. The number of carbonyl (C=O) groups is 2. The molecule has 7 nitrogen and oxygen atoms in total. The van der Waals surface area contributed by atoms with Gasteiger partial charge in [-0.15, -0.1) is 11.3 Å². The van der Waals surface area contributed by atoms with Crippen LogP contribution in [0.5, 0.6) is 0 Å². The van der Waals surface area contributed by atoms with Crippen molar-refractivity contribution in [3.8, 4) is 0 Å². The molecule has 138 valence electrons. The molecule has 0 saturated heterocycles. The van der Waals surface area contributed by atoms with Gasteiger partial charge in [-0.05, 0) is 43.9 Å². The largest absolute Gasteiger partial charge is 0.326 e.